The number of anilines is 2. The van der Waals surface area contributed by atoms with Gasteiger partial charge in [0.1, 0.15) is 17.5 Å². The van der Waals surface area contributed by atoms with Crippen molar-refractivity contribution < 1.29 is 8.78 Å². The monoisotopic (exact) mass is 326 g/mol. The zero-order valence-corrected chi connectivity index (χ0v) is 13.1. The molecule has 2 N–H and O–H groups in total. The molecule has 0 amide bonds. The molecule has 3 aromatic rings. The van der Waals surface area contributed by atoms with E-state index in [0.29, 0.717) is 17.3 Å². The van der Waals surface area contributed by atoms with Gasteiger partial charge in [0.05, 0.1) is 5.69 Å². The van der Waals surface area contributed by atoms with E-state index in [-0.39, 0.29) is 6.54 Å². The SMILES string of the molecule is CNc1nc(NCc2cc(F)cc(F)c2)cc(-c2ccccc2)n1. The average Bonchev–Trinajstić information content (AvgIpc) is 2.59. The van der Waals surface area contributed by atoms with Gasteiger partial charge in [-0.1, -0.05) is 30.3 Å². The molecule has 0 radical (unpaired) electrons. The number of nitrogens with one attached hydrogen (secondary N) is 2. The van der Waals surface area contributed by atoms with E-state index in [1.165, 1.54) is 12.1 Å². The fourth-order valence-electron chi connectivity index (χ4n) is 2.31. The van der Waals surface area contributed by atoms with Gasteiger partial charge in [-0.2, -0.15) is 4.98 Å². The van der Waals surface area contributed by atoms with Crippen molar-refractivity contribution in [2.45, 2.75) is 6.54 Å². The molecule has 0 aliphatic heterocycles. The lowest BCUT2D eigenvalue weighted by Crippen LogP contribution is -2.06. The Hall–Kier alpha value is -3.02. The molecule has 4 nitrogen and oxygen atoms in total. The summed E-state index contributed by atoms with van der Waals surface area (Å²) in [6, 6.07) is 14.9. The summed E-state index contributed by atoms with van der Waals surface area (Å²) in [4.78, 5) is 8.74. The van der Waals surface area contributed by atoms with Crippen molar-refractivity contribution in [2.75, 3.05) is 17.7 Å². The highest BCUT2D eigenvalue weighted by Gasteiger charge is 2.07. The van der Waals surface area contributed by atoms with Crippen LogP contribution < -0.4 is 10.6 Å². The number of benzene rings is 2. The molecule has 122 valence electrons. The number of halogens is 2. The molecule has 0 aliphatic carbocycles. The van der Waals surface area contributed by atoms with Crippen molar-refractivity contribution in [1.82, 2.24) is 9.97 Å². The first-order valence-corrected chi connectivity index (χ1v) is 7.45. The van der Waals surface area contributed by atoms with Crippen LogP contribution in [0.15, 0.2) is 54.6 Å². The van der Waals surface area contributed by atoms with Gasteiger partial charge in [-0.25, -0.2) is 13.8 Å². The summed E-state index contributed by atoms with van der Waals surface area (Å²) < 4.78 is 26.5. The quantitative estimate of drug-likeness (QED) is 0.742. The molecule has 0 bridgehead atoms. The third-order valence-electron chi connectivity index (χ3n) is 3.42. The number of hydrogen-bond donors (Lipinski definition) is 2. The van der Waals surface area contributed by atoms with Crippen LogP contribution >= 0.6 is 0 Å². The number of rotatable bonds is 5. The van der Waals surface area contributed by atoms with E-state index < -0.39 is 11.6 Å². The first-order valence-electron chi connectivity index (χ1n) is 7.45. The van der Waals surface area contributed by atoms with Crippen LogP contribution in [0.1, 0.15) is 5.56 Å². The zero-order chi connectivity index (χ0) is 16.9. The van der Waals surface area contributed by atoms with E-state index in [9.17, 15) is 8.78 Å². The van der Waals surface area contributed by atoms with Crippen molar-refractivity contribution in [2.24, 2.45) is 0 Å². The molecule has 0 saturated carbocycles. The van der Waals surface area contributed by atoms with Gasteiger partial charge in [0.2, 0.25) is 5.95 Å². The Balaban J connectivity index is 1.85. The van der Waals surface area contributed by atoms with Crippen molar-refractivity contribution in [3.05, 3.63) is 71.8 Å². The van der Waals surface area contributed by atoms with Gasteiger partial charge in [0.25, 0.3) is 0 Å². The molecule has 1 aromatic heterocycles. The molecule has 0 saturated heterocycles. The highest BCUT2D eigenvalue weighted by molar-refractivity contribution is 5.64. The smallest absolute Gasteiger partial charge is 0.224 e. The molecule has 6 heteroatoms. The second-order valence-electron chi connectivity index (χ2n) is 5.21. The van der Waals surface area contributed by atoms with Crippen LogP contribution in [0.5, 0.6) is 0 Å². The summed E-state index contributed by atoms with van der Waals surface area (Å²) in [5, 5.41) is 5.99. The lowest BCUT2D eigenvalue weighted by molar-refractivity contribution is 0.580. The Kier molecular flexibility index (Phi) is 4.65. The lowest BCUT2D eigenvalue weighted by Gasteiger charge is -2.10. The van der Waals surface area contributed by atoms with Crippen molar-refractivity contribution in [3.8, 4) is 11.3 Å². The summed E-state index contributed by atoms with van der Waals surface area (Å²) in [6.07, 6.45) is 0. The summed E-state index contributed by atoms with van der Waals surface area (Å²) in [6.45, 7) is 0.253. The van der Waals surface area contributed by atoms with E-state index >= 15 is 0 Å². The molecule has 1 heterocycles. The van der Waals surface area contributed by atoms with E-state index in [4.69, 9.17) is 0 Å². The predicted molar refractivity (Wildman–Crippen MR) is 90.7 cm³/mol. The Morgan fingerprint density at radius 3 is 2.29 bits per heavy atom. The van der Waals surface area contributed by atoms with Crippen molar-refractivity contribution >= 4 is 11.8 Å². The fourth-order valence-corrected chi connectivity index (χ4v) is 2.31. The maximum absolute atomic E-state index is 13.3. The highest BCUT2D eigenvalue weighted by Crippen LogP contribution is 2.21. The van der Waals surface area contributed by atoms with Gasteiger partial charge in [0, 0.05) is 31.3 Å². The van der Waals surface area contributed by atoms with Crippen LogP contribution in [0.3, 0.4) is 0 Å². The third-order valence-corrected chi connectivity index (χ3v) is 3.42. The molecule has 0 aliphatic rings. The Labute approximate surface area is 138 Å². The average molecular weight is 326 g/mol. The summed E-state index contributed by atoms with van der Waals surface area (Å²) >= 11 is 0. The predicted octanol–water partition coefficient (Wildman–Crippen LogP) is 4.08. The van der Waals surface area contributed by atoms with Gasteiger partial charge in [-0.3, -0.25) is 0 Å². The van der Waals surface area contributed by atoms with E-state index in [0.717, 1.165) is 17.3 Å². The molecule has 24 heavy (non-hydrogen) atoms. The minimum Gasteiger partial charge on any atom is -0.366 e. The molecule has 0 spiro atoms. The molecule has 0 atom stereocenters. The van der Waals surface area contributed by atoms with Crippen molar-refractivity contribution in [3.63, 3.8) is 0 Å². The Morgan fingerprint density at radius 1 is 0.917 bits per heavy atom. The topological polar surface area (TPSA) is 49.8 Å². The van der Waals surface area contributed by atoms with Crippen LogP contribution in [0, 0.1) is 11.6 Å². The zero-order valence-electron chi connectivity index (χ0n) is 13.1. The molecule has 0 unspecified atom stereocenters. The summed E-state index contributed by atoms with van der Waals surface area (Å²) in [5.41, 5.74) is 2.21. The molecule has 3 rings (SSSR count). The van der Waals surface area contributed by atoms with Crippen LogP contribution in [-0.4, -0.2) is 17.0 Å². The molecular weight excluding hydrogens is 310 g/mol. The normalized spacial score (nSPS) is 10.5. The molecule has 2 aromatic carbocycles. The van der Waals surface area contributed by atoms with Crippen molar-refractivity contribution in [1.29, 1.82) is 0 Å². The molecular formula is C18H16F2N4. The third kappa shape index (κ3) is 3.84. The van der Waals surface area contributed by atoms with E-state index in [1.807, 2.05) is 30.3 Å². The minimum absolute atomic E-state index is 0.253. The van der Waals surface area contributed by atoms with Crippen LogP contribution in [0.4, 0.5) is 20.5 Å². The molecule has 0 fully saturated rings. The minimum atomic E-state index is -0.602. The second-order valence-corrected chi connectivity index (χ2v) is 5.21. The largest absolute Gasteiger partial charge is 0.366 e. The van der Waals surface area contributed by atoms with Crippen LogP contribution in [0.2, 0.25) is 0 Å². The van der Waals surface area contributed by atoms with Gasteiger partial charge >= 0.3 is 0 Å². The van der Waals surface area contributed by atoms with Crippen LogP contribution in [0.25, 0.3) is 11.3 Å². The van der Waals surface area contributed by atoms with E-state index in [2.05, 4.69) is 20.6 Å². The second kappa shape index (κ2) is 7.04. The summed E-state index contributed by atoms with van der Waals surface area (Å²) in [7, 11) is 1.73. The van der Waals surface area contributed by atoms with Gasteiger partial charge in [0.15, 0.2) is 0 Å². The van der Waals surface area contributed by atoms with Gasteiger partial charge in [-0.15, -0.1) is 0 Å². The first kappa shape index (κ1) is 15.9. The maximum Gasteiger partial charge on any atom is 0.224 e. The van der Waals surface area contributed by atoms with Gasteiger partial charge < -0.3 is 10.6 Å². The number of nitrogens with zero attached hydrogens (tertiary/aromatic N) is 2. The van der Waals surface area contributed by atoms with E-state index in [1.54, 1.807) is 13.1 Å². The standard InChI is InChI=1S/C18H16F2N4/c1-21-18-23-16(13-5-3-2-4-6-13)10-17(24-18)22-11-12-7-14(19)9-15(20)8-12/h2-10H,11H2,1H3,(H2,21,22,23,24). The Morgan fingerprint density at radius 2 is 1.62 bits per heavy atom. The summed E-state index contributed by atoms with van der Waals surface area (Å²) in [5.74, 6) is -0.173. The Bertz CT molecular complexity index is 817. The fraction of sp³-hybridized carbons (Fsp3) is 0.111. The van der Waals surface area contributed by atoms with Gasteiger partial charge in [-0.05, 0) is 17.7 Å². The van der Waals surface area contributed by atoms with Crippen LogP contribution in [-0.2, 0) is 6.54 Å². The number of hydrogen-bond acceptors (Lipinski definition) is 4. The lowest BCUT2D eigenvalue weighted by atomic mass is 10.1. The first-order chi connectivity index (χ1) is 11.6. The number of aromatic nitrogens is 2. The maximum atomic E-state index is 13.3. The highest BCUT2D eigenvalue weighted by atomic mass is 19.1.